The summed E-state index contributed by atoms with van der Waals surface area (Å²) in [4.78, 5) is 24.5. The van der Waals surface area contributed by atoms with Crippen molar-refractivity contribution in [1.82, 2.24) is 14.9 Å². The number of aliphatic hydroxyl groups is 1. The highest BCUT2D eigenvalue weighted by Crippen LogP contribution is 2.41. The Balaban J connectivity index is 1.49. The maximum absolute atomic E-state index is 15.0. The molecule has 2 aliphatic rings. The number of nitrogens with zero attached hydrogens (tertiary/aromatic N) is 3. The quantitative estimate of drug-likeness (QED) is 0.308. The first-order chi connectivity index (χ1) is 19.1. The molecule has 9 nitrogen and oxygen atoms in total. The summed E-state index contributed by atoms with van der Waals surface area (Å²) in [6, 6.07) is 7.23. The minimum Gasteiger partial charge on any atom is -0.508 e. The number of hydrogen-bond acceptors (Lipinski definition) is 9. The van der Waals surface area contributed by atoms with Crippen LogP contribution in [0.5, 0.6) is 11.8 Å². The van der Waals surface area contributed by atoms with E-state index in [0.717, 1.165) is 19.4 Å². The summed E-state index contributed by atoms with van der Waals surface area (Å²) in [5, 5.41) is 23.9. The molecule has 11 heteroatoms. The van der Waals surface area contributed by atoms with Crippen LogP contribution in [0.1, 0.15) is 31.7 Å². The van der Waals surface area contributed by atoms with Gasteiger partial charge in [0.1, 0.15) is 41.3 Å². The zero-order valence-electron chi connectivity index (χ0n) is 22.2. The van der Waals surface area contributed by atoms with E-state index in [1.807, 2.05) is 0 Å². The largest absolute Gasteiger partial charge is 0.508 e. The smallest absolute Gasteiger partial charge is 0.349 e. The molecule has 0 spiro atoms. The Morgan fingerprint density at radius 3 is 2.92 bits per heavy atom. The number of benzene rings is 2. The predicted molar refractivity (Wildman–Crippen MR) is 146 cm³/mol. The molecule has 0 aliphatic carbocycles. The Hall–Kier alpha value is -3.83. The number of hydrogen-bond donors (Lipinski definition) is 3. The third-order valence-electron chi connectivity index (χ3n) is 7.93. The molecule has 2 aromatic carbocycles. The highest BCUT2D eigenvalue weighted by molar-refractivity contribution is 6.00. The maximum Gasteiger partial charge on any atom is 0.349 e. The third-order valence-corrected chi connectivity index (χ3v) is 7.93. The number of alkyl halides is 1. The monoisotopic (exact) mass is 552 g/mol. The van der Waals surface area contributed by atoms with Gasteiger partial charge in [-0.3, -0.25) is 4.90 Å². The molecular formula is C29H30F2N4O5. The second kappa shape index (κ2) is 9.97. The molecule has 2 saturated heterocycles. The molecule has 2 fully saturated rings. The number of nitrogens with one attached hydrogen (secondary N) is 1. The number of anilines is 1. The highest BCUT2D eigenvalue weighted by atomic mass is 19.1. The van der Waals surface area contributed by atoms with Crippen LogP contribution in [0.15, 0.2) is 39.5 Å². The molecule has 4 heterocycles. The van der Waals surface area contributed by atoms with Crippen LogP contribution in [0.25, 0.3) is 33.0 Å². The van der Waals surface area contributed by atoms with Gasteiger partial charge < -0.3 is 24.7 Å². The fraction of sp³-hybridized carbons (Fsp3) is 0.414. The molecule has 2 aliphatic heterocycles. The van der Waals surface area contributed by atoms with E-state index in [1.54, 1.807) is 19.9 Å². The summed E-state index contributed by atoms with van der Waals surface area (Å²) < 4.78 is 41.1. The van der Waals surface area contributed by atoms with Crippen molar-refractivity contribution in [3.63, 3.8) is 0 Å². The van der Waals surface area contributed by atoms with E-state index in [0.29, 0.717) is 23.9 Å². The van der Waals surface area contributed by atoms with E-state index in [-0.39, 0.29) is 58.3 Å². The number of fused-ring (bicyclic) bond motifs is 3. The fourth-order valence-corrected chi connectivity index (χ4v) is 6.12. The lowest BCUT2D eigenvalue weighted by molar-refractivity contribution is 0.107. The van der Waals surface area contributed by atoms with Crippen LogP contribution in [-0.2, 0) is 0 Å². The van der Waals surface area contributed by atoms with Gasteiger partial charge in [-0.2, -0.15) is 9.97 Å². The molecule has 6 rings (SSSR count). The fourth-order valence-electron chi connectivity index (χ4n) is 6.12. The molecule has 0 bridgehead atoms. The van der Waals surface area contributed by atoms with E-state index in [9.17, 15) is 23.8 Å². The molecule has 3 N–H and O–H groups in total. The minimum atomic E-state index is -0.920. The highest BCUT2D eigenvalue weighted by Gasteiger charge is 2.49. The number of halogens is 2. The SMILES string of the molecule is Cc1c(-c2cc(O)cc3cccc(F)c23)oc(=O)c2c(NCC(C)O)nc(OC[C@@]34CCCN3C[C@H](F)C4)nc12. The van der Waals surface area contributed by atoms with E-state index in [2.05, 4.69) is 20.2 Å². The van der Waals surface area contributed by atoms with Gasteiger partial charge in [-0.05, 0) is 56.8 Å². The summed E-state index contributed by atoms with van der Waals surface area (Å²) >= 11 is 0. The first-order valence-corrected chi connectivity index (χ1v) is 13.4. The number of rotatable bonds is 7. The molecule has 4 aromatic rings. The first-order valence-electron chi connectivity index (χ1n) is 13.4. The number of aliphatic hydroxyl groups excluding tert-OH is 1. The summed E-state index contributed by atoms with van der Waals surface area (Å²) in [5.41, 5.74) is -0.390. The number of phenols is 1. The van der Waals surface area contributed by atoms with Gasteiger partial charge in [-0.25, -0.2) is 13.6 Å². The van der Waals surface area contributed by atoms with E-state index < -0.39 is 29.3 Å². The normalized spacial score (nSPS) is 21.7. The topological polar surface area (TPSA) is 121 Å². The van der Waals surface area contributed by atoms with Crippen molar-refractivity contribution in [2.75, 3.05) is 31.6 Å². The summed E-state index contributed by atoms with van der Waals surface area (Å²) in [5.74, 6) is -0.494. The number of ether oxygens (including phenoxy) is 1. The van der Waals surface area contributed by atoms with E-state index in [4.69, 9.17) is 9.15 Å². The third kappa shape index (κ3) is 4.52. The van der Waals surface area contributed by atoms with Crippen LogP contribution in [0.4, 0.5) is 14.6 Å². The molecule has 40 heavy (non-hydrogen) atoms. The Morgan fingerprint density at radius 2 is 2.12 bits per heavy atom. The Labute approximate surface area is 228 Å². The predicted octanol–water partition coefficient (Wildman–Crippen LogP) is 4.30. The van der Waals surface area contributed by atoms with Crippen molar-refractivity contribution >= 4 is 27.5 Å². The second-order valence-electron chi connectivity index (χ2n) is 10.8. The van der Waals surface area contributed by atoms with Gasteiger partial charge in [0.05, 0.1) is 17.2 Å². The maximum atomic E-state index is 15.0. The van der Waals surface area contributed by atoms with Gasteiger partial charge in [0.25, 0.3) is 0 Å². The minimum absolute atomic E-state index is 0.0178. The Bertz CT molecular complexity index is 1680. The Morgan fingerprint density at radius 1 is 1.30 bits per heavy atom. The second-order valence-corrected chi connectivity index (χ2v) is 10.8. The van der Waals surface area contributed by atoms with Gasteiger partial charge in [0.2, 0.25) is 0 Å². The van der Waals surface area contributed by atoms with E-state index >= 15 is 0 Å². The van der Waals surface area contributed by atoms with Crippen LogP contribution in [0, 0.1) is 12.7 Å². The van der Waals surface area contributed by atoms with Gasteiger partial charge in [-0.15, -0.1) is 0 Å². The van der Waals surface area contributed by atoms with Crippen LogP contribution < -0.4 is 15.7 Å². The molecule has 0 saturated carbocycles. The number of aromatic hydroxyl groups is 1. The van der Waals surface area contributed by atoms with Gasteiger partial charge >= 0.3 is 11.6 Å². The van der Waals surface area contributed by atoms with Crippen LogP contribution >= 0.6 is 0 Å². The van der Waals surface area contributed by atoms with Crippen molar-refractivity contribution in [3.05, 3.63) is 52.1 Å². The summed E-state index contributed by atoms with van der Waals surface area (Å²) in [6.45, 7) is 4.72. The van der Waals surface area contributed by atoms with Crippen LogP contribution in [-0.4, -0.2) is 69.1 Å². The average Bonchev–Trinajstić information content (AvgIpc) is 3.43. The van der Waals surface area contributed by atoms with E-state index in [1.165, 1.54) is 24.3 Å². The molecule has 0 radical (unpaired) electrons. The Kier molecular flexibility index (Phi) is 6.58. The molecule has 1 unspecified atom stereocenters. The van der Waals surface area contributed by atoms with Crippen molar-refractivity contribution in [2.45, 2.75) is 50.9 Å². The molecule has 3 atom stereocenters. The molecule has 2 aromatic heterocycles. The molecular weight excluding hydrogens is 522 g/mol. The van der Waals surface area contributed by atoms with Gasteiger partial charge in [0.15, 0.2) is 0 Å². The number of aromatic nitrogens is 2. The zero-order valence-corrected chi connectivity index (χ0v) is 22.2. The summed E-state index contributed by atoms with van der Waals surface area (Å²) in [6.07, 6.45) is 0.465. The lowest BCUT2D eigenvalue weighted by atomic mass is 9.95. The standard InChI is InChI=1S/C29H30F2N4O5/c1-15(36)12-32-26-23-24(33-28(34-26)39-14-29-7-4-8-35(29)13-18(30)11-29)16(2)25(40-27(23)38)20-10-19(37)9-17-5-3-6-21(31)22(17)20/h3,5-6,9-10,15,18,36-37H,4,7-8,11-14H2,1-2H3,(H,32,33,34)/t15?,18-,29+/m1/s1. The van der Waals surface area contributed by atoms with Crippen LogP contribution in [0.2, 0.25) is 0 Å². The molecule has 0 amide bonds. The van der Waals surface area contributed by atoms with Crippen molar-refractivity contribution in [3.8, 4) is 23.1 Å². The average molecular weight is 553 g/mol. The zero-order chi connectivity index (χ0) is 28.2. The van der Waals surface area contributed by atoms with Gasteiger partial charge in [0, 0.05) is 36.0 Å². The molecule has 210 valence electrons. The lowest BCUT2D eigenvalue weighted by Crippen LogP contribution is -2.43. The first kappa shape index (κ1) is 26.4. The van der Waals surface area contributed by atoms with Crippen molar-refractivity contribution in [2.24, 2.45) is 0 Å². The number of phenolic OH excluding ortho intramolecular Hbond substituents is 1. The lowest BCUT2D eigenvalue weighted by Gasteiger charge is -2.30. The van der Waals surface area contributed by atoms with Gasteiger partial charge in [-0.1, -0.05) is 12.1 Å². The van der Waals surface area contributed by atoms with Crippen LogP contribution in [0.3, 0.4) is 0 Å². The summed E-state index contributed by atoms with van der Waals surface area (Å²) in [7, 11) is 0. The van der Waals surface area contributed by atoms with Crippen molar-refractivity contribution in [1.29, 1.82) is 0 Å². The number of aryl methyl sites for hydroxylation is 1. The van der Waals surface area contributed by atoms with Crippen molar-refractivity contribution < 1.29 is 28.1 Å².